The number of hydrogen-bond acceptors (Lipinski definition) is 7. The molecule has 1 saturated heterocycles. The fourth-order valence-corrected chi connectivity index (χ4v) is 3.53. The van der Waals surface area contributed by atoms with E-state index in [1.54, 1.807) is 43.3 Å². The average Bonchev–Trinajstić information content (AvgIpc) is 2.86. The molecule has 186 valence electrons. The second-order valence-electron chi connectivity index (χ2n) is 7.95. The zero-order chi connectivity index (χ0) is 25.0. The van der Waals surface area contributed by atoms with Crippen molar-refractivity contribution in [1.82, 2.24) is 10.6 Å². The second-order valence-corrected chi connectivity index (χ2v) is 7.95. The Bertz CT molecular complexity index is 1050. The van der Waals surface area contributed by atoms with E-state index in [4.69, 9.17) is 25.4 Å². The van der Waals surface area contributed by atoms with Crippen LogP contribution in [0.3, 0.4) is 0 Å². The standard InChI is InChI=1S/C26H32N4O5/c1-2-33-24(31)10-7-18-3-4-20(25(27)28)17-23(18)34-16-15-30-26(32)19-5-8-21(9-6-19)35-22-11-13-29-14-12-22/h3-10,17,22,29H,2,11-16H2,1H3,(H3,27,28)(H,30,32)/b10-7+. The molecule has 0 bridgehead atoms. The molecule has 0 spiro atoms. The predicted molar refractivity (Wildman–Crippen MR) is 134 cm³/mol. The van der Waals surface area contributed by atoms with Gasteiger partial charge in [0.2, 0.25) is 0 Å². The van der Waals surface area contributed by atoms with E-state index in [1.807, 2.05) is 12.1 Å². The van der Waals surface area contributed by atoms with Gasteiger partial charge in [-0.1, -0.05) is 12.1 Å². The molecular weight excluding hydrogens is 448 g/mol. The zero-order valence-corrected chi connectivity index (χ0v) is 19.8. The molecule has 0 atom stereocenters. The number of amidine groups is 1. The van der Waals surface area contributed by atoms with Crippen molar-refractivity contribution in [3.05, 3.63) is 65.2 Å². The van der Waals surface area contributed by atoms with E-state index >= 15 is 0 Å². The number of carbonyl (C=O) groups is 2. The lowest BCUT2D eigenvalue weighted by atomic mass is 10.1. The molecular formula is C26H32N4O5. The van der Waals surface area contributed by atoms with Gasteiger partial charge in [-0.25, -0.2) is 4.79 Å². The normalized spacial score (nSPS) is 13.9. The number of amides is 1. The minimum Gasteiger partial charge on any atom is -0.491 e. The fraction of sp³-hybridized carbons (Fsp3) is 0.346. The van der Waals surface area contributed by atoms with E-state index in [2.05, 4.69) is 10.6 Å². The molecule has 35 heavy (non-hydrogen) atoms. The van der Waals surface area contributed by atoms with Gasteiger partial charge in [-0.15, -0.1) is 0 Å². The van der Waals surface area contributed by atoms with E-state index in [1.165, 1.54) is 6.08 Å². The number of benzene rings is 2. The monoisotopic (exact) mass is 480 g/mol. The van der Waals surface area contributed by atoms with Crippen LogP contribution in [0.2, 0.25) is 0 Å². The zero-order valence-electron chi connectivity index (χ0n) is 19.8. The van der Waals surface area contributed by atoms with Crippen LogP contribution in [0.25, 0.3) is 6.08 Å². The summed E-state index contributed by atoms with van der Waals surface area (Å²) in [6, 6.07) is 12.1. The Morgan fingerprint density at radius 1 is 1.14 bits per heavy atom. The van der Waals surface area contributed by atoms with Crippen molar-refractivity contribution in [2.75, 3.05) is 32.8 Å². The summed E-state index contributed by atoms with van der Waals surface area (Å²) < 4.78 is 16.7. The lowest BCUT2D eigenvalue weighted by Crippen LogP contribution is -2.34. The van der Waals surface area contributed by atoms with Gasteiger partial charge in [0.1, 0.15) is 30.0 Å². The Labute approximate surface area is 205 Å². The summed E-state index contributed by atoms with van der Waals surface area (Å²) in [4.78, 5) is 24.1. The van der Waals surface area contributed by atoms with E-state index in [-0.39, 0.29) is 37.6 Å². The van der Waals surface area contributed by atoms with Gasteiger partial charge in [-0.2, -0.15) is 0 Å². The first-order chi connectivity index (χ1) is 17.0. The highest BCUT2D eigenvalue weighted by Crippen LogP contribution is 2.22. The number of nitrogens with two attached hydrogens (primary N) is 1. The molecule has 2 aromatic rings. The van der Waals surface area contributed by atoms with Crippen molar-refractivity contribution in [3.8, 4) is 11.5 Å². The highest BCUT2D eigenvalue weighted by molar-refractivity contribution is 5.96. The molecule has 0 aliphatic carbocycles. The van der Waals surface area contributed by atoms with Gasteiger partial charge in [0.15, 0.2) is 0 Å². The number of rotatable bonds is 11. The van der Waals surface area contributed by atoms with E-state index in [9.17, 15) is 9.59 Å². The number of nitrogens with one attached hydrogen (secondary N) is 3. The van der Waals surface area contributed by atoms with Crippen LogP contribution < -0.4 is 25.8 Å². The van der Waals surface area contributed by atoms with Crippen LogP contribution in [0.15, 0.2) is 48.5 Å². The fourth-order valence-electron chi connectivity index (χ4n) is 3.53. The van der Waals surface area contributed by atoms with Gasteiger partial charge >= 0.3 is 5.97 Å². The number of nitrogen functional groups attached to an aromatic ring is 1. The summed E-state index contributed by atoms with van der Waals surface area (Å²) in [5, 5.41) is 13.8. The molecule has 0 saturated carbocycles. The van der Waals surface area contributed by atoms with Gasteiger partial charge in [0, 0.05) is 22.8 Å². The van der Waals surface area contributed by atoms with Crippen molar-refractivity contribution >= 4 is 23.8 Å². The van der Waals surface area contributed by atoms with Crippen LogP contribution in [0.1, 0.15) is 41.3 Å². The SMILES string of the molecule is CCOC(=O)/C=C/c1ccc(C(=N)N)cc1OCCNC(=O)c1ccc(OC2CCNCC2)cc1. The third kappa shape index (κ3) is 8.15. The highest BCUT2D eigenvalue weighted by atomic mass is 16.5. The molecule has 5 N–H and O–H groups in total. The number of hydrogen-bond donors (Lipinski definition) is 4. The van der Waals surface area contributed by atoms with Gasteiger partial charge in [-0.05, 0) is 69.3 Å². The first-order valence-electron chi connectivity index (χ1n) is 11.7. The maximum absolute atomic E-state index is 12.5. The summed E-state index contributed by atoms with van der Waals surface area (Å²) in [6.07, 6.45) is 5.02. The number of ether oxygens (including phenoxy) is 3. The van der Waals surface area contributed by atoms with E-state index in [0.29, 0.717) is 22.4 Å². The highest BCUT2D eigenvalue weighted by Gasteiger charge is 2.15. The molecule has 0 unspecified atom stereocenters. The van der Waals surface area contributed by atoms with Gasteiger partial charge in [0.25, 0.3) is 5.91 Å². The maximum Gasteiger partial charge on any atom is 0.330 e. The van der Waals surface area contributed by atoms with E-state index < -0.39 is 5.97 Å². The molecule has 1 aliphatic heterocycles. The summed E-state index contributed by atoms with van der Waals surface area (Å²) in [7, 11) is 0. The third-order valence-corrected chi connectivity index (χ3v) is 5.36. The molecule has 9 nitrogen and oxygen atoms in total. The third-order valence-electron chi connectivity index (χ3n) is 5.36. The Morgan fingerprint density at radius 2 is 1.86 bits per heavy atom. The lowest BCUT2D eigenvalue weighted by Gasteiger charge is -2.23. The van der Waals surface area contributed by atoms with Crippen molar-refractivity contribution < 1.29 is 23.8 Å². The second kappa shape index (κ2) is 13.1. The van der Waals surface area contributed by atoms with Crippen LogP contribution in [0, 0.1) is 5.41 Å². The Balaban J connectivity index is 1.52. The van der Waals surface area contributed by atoms with Gasteiger partial charge in [-0.3, -0.25) is 10.2 Å². The van der Waals surface area contributed by atoms with Crippen LogP contribution in [-0.4, -0.2) is 56.7 Å². The summed E-state index contributed by atoms with van der Waals surface area (Å²) >= 11 is 0. The molecule has 1 heterocycles. The summed E-state index contributed by atoms with van der Waals surface area (Å²) in [5.41, 5.74) is 7.22. The molecule has 1 aliphatic rings. The average molecular weight is 481 g/mol. The minimum atomic E-state index is -0.464. The Kier molecular flexibility index (Phi) is 9.68. The first-order valence-corrected chi connectivity index (χ1v) is 11.7. The Morgan fingerprint density at radius 3 is 2.54 bits per heavy atom. The number of esters is 1. The molecule has 9 heteroatoms. The first kappa shape index (κ1) is 25.8. The van der Waals surface area contributed by atoms with Crippen molar-refractivity contribution in [2.24, 2.45) is 5.73 Å². The van der Waals surface area contributed by atoms with Crippen LogP contribution >= 0.6 is 0 Å². The molecule has 0 radical (unpaired) electrons. The molecule has 0 aromatic heterocycles. The van der Waals surface area contributed by atoms with E-state index in [0.717, 1.165) is 31.7 Å². The van der Waals surface area contributed by atoms with Crippen molar-refractivity contribution in [3.63, 3.8) is 0 Å². The molecule has 3 rings (SSSR count). The molecule has 1 amide bonds. The van der Waals surface area contributed by atoms with Crippen molar-refractivity contribution in [1.29, 1.82) is 5.41 Å². The van der Waals surface area contributed by atoms with Crippen molar-refractivity contribution in [2.45, 2.75) is 25.9 Å². The van der Waals surface area contributed by atoms with Crippen LogP contribution in [0.4, 0.5) is 0 Å². The van der Waals surface area contributed by atoms with Gasteiger partial charge < -0.3 is 30.6 Å². The predicted octanol–water partition coefficient (Wildman–Crippen LogP) is 2.49. The lowest BCUT2D eigenvalue weighted by molar-refractivity contribution is -0.137. The summed E-state index contributed by atoms with van der Waals surface area (Å²) in [5.74, 6) is 0.407. The summed E-state index contributed by atoms with van der Waals surface area (Å²) in [6.45, 7) is 4.37. The molecule has 1 fully saturated rings. The largest absolute Gasteiger partial charge is 0.491 e. The minimum absolute atomic E-state index is 0.100. The van der Waals surface area contributed by atoms with Gasteiger partial charge in [0.05, 0.1) is 13.2 Å². The quantitative estimate of drug-likeness (QED) is 0.128. The maximum atomic E-state index is 12.5. The molecule has 2 aromatic carbocycles. The smallest absolute Gasteiger partial charge is 0.330 e. The number of piperidine rings is 1. The van der Waals surface area contributed by atoms with Crippen LogP contribution in [0.5, 0.6) is 11.5 Å². The topological polar surface area (TPSA) is 136 Å². The van der Waals surface area contributed by atoms with Crippen LogP contribution in [-0.2, 0) is 9.53 Å². The number of carbonyl (C=O) groups excluding carboxylic acids is 2. The Hall–Kier alpha value is -3.85.